The molecule has 106 valence electrons. The Morgan fingerprint density at radius 1 is 1.47 bits per heavy atom. The highest BCUT2D eigenvalue weighted by molar-refractivity contribution is 6.33. The van der Waals surface area contributed by atoms with Crippen molar-refractivity contribution in [3.05, 3.63) is 22.8 Å². The van der Waals surface area contributed by atoms with E-state index in [-0.39, 0.29) is 5.91 Å². The average Bonchev–Trinajstić information content (AvgIpc) is 2.40. The fourth-order valence-electron chi connectivity index (χ4n) is 1.48. The SMILES string of the molecule is CCNc1ncc(C(=O)NCCN(C)CC)cc1Cl. The van der Waals surface area contributed by atoms with Gasteiger partial charge in [0, 0.05) is 25.8 Å². The summed E-state index contributed by atoms with van der Waals surface area (Å²) in [5.74, 6) is 0.452. The van der Waals surface area contributed by atoms with Gasteiger partial charge < -0.3 is 15.5 Å². The van der Waals surface area contributed by atoms with Gasteiger partial charge >= 0.3 is 0 Å². The molecule has 1 amide bonds. The van der Waals surface area contributed by atoms with Crippen LogP contribution in [0.25, 0.3) is 0 Å². The summed E-state index contributed by atoms with van der Waals surface area (Å²) in [6.07, 6.45) is 1.53. The first kappa shape index (κ1) is 15.7. The van der Waals surface area contributed by atoms with Gasteiger partial charge in [0.2, 0.25) is 0 Å². The van der Waals surface area contributed by atoms with E-state index in [0.29, 0.717) is 22.9 Å². The lowest BCUT2D eigenvalue weighted by Gasteiger charge is -2.14. The molecule has 0 unspecified atom stereocenters. The second-order valence-electron chi connectivity index (χ2n) is 4.24. The van der Waals surface area contributed by atoms with Crippen LogP contribution in [0.4, 0.5) is 5.82 Å². The highest BCUT2D eigenvalue weighted by Crippen LogP contribution is 2.19. The van der Waals surface area contributed by atoms with E-state index in [0.717, 1.165) is 19.6 Å². The molecule has 0 bridgehead atoms. The highest BCUT2D eigenvalue weighted by Gasteiger charge is 2.09. The third-order valence-electron chi connectivity index (χ3n) is 2.77. The Morgan fingerprint density at radius 3 is 2.79 bits per heavy atom. The van der Waals surface area contributed by atoms with E-state index < -0.39 is 0 Å². The molecule has 0 aromatic carbocycles. The number of halogens is 1. The largest absolute Gasteiger partial charge is 0.369 e. The third kappa shape index (κ3) is 5.04. The van der Waals surface area contributed by atoms with Crippen molar-refractivity contribution >= 4 is 23.3 Å². The standard InChI is InChI=1S/C13H21ClN4O/c1-4-15-12-11(14)8-10(9-17-12)13(19)16-6-7-18(3)5-2/h8-9H,4-7H2,1-3H3,(H,15,17)(H,16,19). The minimum atomic E-state index is -0.151. The van der Waals surface area contributed by atoms with Crippen molar-refractivity contribution in [2.75, 3.05) is 38.5 Å². The quantitative estimate of drug-likeness (QED) is 0.802. The Hall–Kier alpha value is -1.33. The van der Waals surface area contributed by atoms with Gasteiger partial charge in [-0.3, -0.25) is 4.79 Å². The lowest BCUT2D eigenvalue weighted by Crippen LogP contribution is -2.32. The van der Waals surface area contributed by atoms with E-state index in [1.807, 2.05) is 14.0 Å². The van der Waals surface area contributed by atoms with Gasteiger partial charge in [0.05, 0.1) is 10.6 Å². The summed E-state index contributed by atoms with van der Waals surface area (Å²) < 4.78 is 0. The normalized spacial score (nSPS) is 10.6. The van der Waals surface area contributed by atoms with Gasteiger partial charge in [-0.15, -0.1) is 0 Å². The van der Waals surface area contributed by atoms with Crippen molar-refractivity contribution in [1.29, 1.82) is 0 Å². The molecule has 1 aromatic rings. The Bertz CT molecular complexity index is 425. The fraction of sp³-hybridized carbons (Fsp3) is 0.538. The van der Waals surface area contributed by atoms with Crippen LogP contribution in [-0.2, 0) is 0 Å². The fourth-order valence-corrected chi connectivity index (χ4v) is 1.71. The molecule has 0 atom stereocenters. The second-order valence-corrected chi connectivity index (χ2v) is 4.64. The Labute approximate surface area is 119 Å². The van der Waals surface area contributed by atoms with E-state index >= 15 is 0 Å². The van der Waals surface area contributed by atoms with Crippen LogP contribution in [0.15, 0.2) is 12.3 Å². The lowest BCUT2D eigenvalue weighted by molar-refractivity contribution is 0.0950. The number of hydrogen-bond donors (Lipinski definition) is 2. The second kappa shape index (κ2) is 7.96. The number of pyridine rings is 1. The first-order chi connectivity index (χ1) is 9.08. The van der Waals surface area contributed by atoms with Crippen LogP contribution in [0.1, 0.15) is 24.2 Å². The van der Waals surface area contributed by atoms with E-state index in [9.17, 15) is 4.79 Å². The van der Waals surface area contributed by atoms with Crippen LogP contribution in [-0.4, -0.2) is 49.0 Å². The number of nitrogens with one attached hydrogen (secondary N) is 2. The summed E-state index contributed by atoms with van der Waals surface area (Å²) in [7, 11) is 2.01. The molecular weight excluding hydrogens is 264 g/mol. The number of rotatable bonds is 7. The lowest BCUT2D eigenvalue weighted by atomic mass is 10.2. The molecule has 0 fully saturated rings. The zero-order valence-electron chi connectivity index (χ0n) is 11.7. The van der Waals surface area contributed by atoms with Gasteiger partial charge in [0.15, 0.2) is 0 Å². The number of anilines is 1. The predicted octanol–water partition coefficient (Wildman–Crippen LogP) is 1.85. The van der Waals surface area contributed by atoms with Crippen LogP contribution in [0, 0.1) is 0 Å². The molecular formula is C13H21ClN4O. The van der Waals surface area contributed by atoms with Gasteiger partial charge in [0.1, 0.15) is 5.82 Å². The van der Waals surface area contributed by atoms with Crippen molar-refractivity contribution < 1.29 is 4.79 Å². The van der Waals surface area contributed by atoms with E-state index in [1.165, 1.54) is 6.20 Å². The summed E-state index contributed by atoms with van der Waals surface area (Å²) in [6, 6.07) is 1.63. The molecule has 5 nitrogen and oxygen atoms in total. The number of aromatic nitrogens is 1. The van der Waals surface area contributed by atoms with Gasteiger partial charge in [-0.25, -0.2) is 4.98 Å². The van der Waals surface area contributed by atoms with Gasteiger partial charge in [-0.2, -0.15) is 0 Å². The topological polar surface area (TPSA) is 57.3 Å². The summed E-state index contributed by atoms with van der Waals surface area (Å²) in [5, 5.41) is 6.33. The molecule has 19 heavy (non-hydrogen) atoms. The predicted molar refractivity (Wildman–Crippen MR) is 78.9 cm³/mol. The average molecular weight is 285 g/mol. The molecule has 1 rings (SSSR count). The molecule has 0 aliphatic rings. The van der Waals surface area contributed by atoms with Crippen molar-refractivity contribution in [2.24, 2.45) is 0 Å². The summed E-state index contributed by atoms with van der Waals surface area (Å²) in [5.41, 5.74) is 0.478. The molecule has 1 aromatic heterocycles. The number of likely N-dealkylation sites (N-methyl/N-ethyl adjacent to an activating group) is 1. The Balaban J connectivity index is 2.55. The number of nitrogens with zero attached hydrogens (tertiary/aromatic N) is 2. The maximum atomic E-state index is 11.9. The van der Waals surface area contributed by atoms with Crippen molar-refractivity contribution in [3.8, 4) is 0 Å². The third-order valence-corrected chi connectivity index (χ3v) is 3.05. The number of carbonyl (C=O) groups is 1. The molecule has 0 aliphatic heterocycles. The molecule has 1 heterocycles. The van der Waals surface area contributed by atoms with Crippen molar-refractivity contribution in [1.82, 2.24) is 15.2 Å². The van der Waals surface area contributed by atoms with Crippen LogP contribution < -0.4 is 10.6 Å². The molecule has 0 radical (unpaired) electrons. The van der Waals surface area contributed by atoms with E-state index in [4.69, 9.17) is 11.6 Å². The summed E-state index contributed by atoms with van der Waals surface area (Å²) >= 11 is 6.05. The van der Waals surface area contributed by atoms with Gasteiger partial charge in [-0.1, -0.05) is 18.5 Å². The number of amides is 1. The number of hydrogen-bond acceptors (Lipinski definition) is 4. The van der Waals surface area contributed by atoms with Crippen LogP contribution >= 0.6 is 11.6 Å². The first-order valence-electron chi connectivity index (χ1n) is 6.44. The molecule has 0 saturated heterocycles. The minimum absolute atomic E-state index is 0.151. The monoisotopic (exact) mass is 284 g/mol. The molecule has 2 N–H and O–H groups in total. The van der Waals surface area contributed by atoms with E-state index in [1.54, 1.807) is 6.07 Å². The molecule has 0 aliphatic carbocycles. The maximum Gasteiger partial charge on any atom is 0.252 e. The van der Waals surface area contributed by atoms with Gasteiger partial charge in [0.25, 0.3) is 5.91 Å². The van der Waals surface area contributed by atoms with Crippen LogP contribution in [0.3, 0.4) is 0 Å². The number of carbonyl (C=O) groups excluding carboxylic acids is 1. The van der Waals surface area contributed by atoms with Crippen LogP contribution in [0.5, 0.6) is 0 Å². The molecule has 0 saturated carbocycles. The van der Waals surface area contributed by atoms with Crippen molar-refractivity contribution in [2.45, 2.75) is 13.8 Å². The first-order valence-corrected chi connectivity index (χ1v) is 6.82. The van der Waals surface area contributed by atoms with Crippen molar-refractivity contribution in [3.63, 3.8) is 0 Å². The Kier molecular flexibility index (Phi) is 6.59. The Morgan fingerprint density at radius 2 is 2.21 bits per heavy atom. The molecule has 0 spiro atoms. The summed E-state index contributed by atoms with van der Waals surface area (Å²) in [6.45, 7) is 7.16. The smallest absolute Gasteiger partial charge is 0.252 e. The highest BCUT2D eigenvalue weighted by atomic mass is 35.5. The minimum Gasteiger partial charge on any atom is -0.369 e. The van der Waals surface area contributed by atoms with Gasteiger partial charge in [-0.05, 0) is 26.6 Å². The summed E-state index contributed by atoms with van der Waals surface area (Å²) in [4.78, 5) is 18.1. The zero-order valence-corrected chi connectivity index (χ0v) is 12.4. The van der Waals surface area contributed by atoms with E-state index in [2.05, 4.69) is 27.4 Å². The molecule has 6 heteroatoms. The zero-order chi connectivity index (χ0) is 14.3. The maximum absolute atomic E-state index is 11.9. The van der Waals surface area contributed by atoms with Crippen LogP contribution in [0.2, 0.25) is 5.02 Å².